The molecule has 0 heterocycles. The summed E-state index contributed by atoms with van der Waals surface area (Å²) in [4.78, 5) is 25.9. The zero-order valence-electron chi connectivity index (χ0n) is 11.1. The number of benzene rings is 1. The summed E-state index contributed by atoms with van der Waals surface area (Å²) in [7, 11) is 3.05. The summed E-state index contributed by atoms with van der Waals surface area (Å²) in [5.41, 5.74) is 2.69. The number of carbonyl (C=O) groups excluding carboxylic acids is 1. The number of hydrogen-bond donors (Lipinski definition) is 3. The van der Waals surface area contributed by atoms with Gasteiger partial charge in [0.2, 0.25) is 0 Å². The quantitative estimate of drug-likeness (QED) is 0.630. The van der Waals surface area contributed by atoms with E-state index in [2.05, 4.69) is 10.2 Å². The third kappa shape index (κ3) is 5.02. The molecule has 0 saturated carbocycles. The smallest absolute Gasteiger partial charge is 0.338 e. The predicted molar refractivity (Wildman–Crippen MR) is 68.5 cm³/mol. The molecule has 0 aliphatic rings. The highest BCUT2D eigenvalue weighted by Gasteiger charge is 2.07. The van der Waals surface area contributed by atoms with Crippen LogP contribution in [0, 0.1) is 0 Å². The minimum atomic E-state index is -1.18. The summed E-state index contributed by atoms with van der Waals surface area (Å²) in [6.07, 6.45) is 0. The van der Waals surface area contributed by atoms with E-state index in [9.17, 15) is 9.59 Å². The number of hydrogen-bond acceptors (Lipinski definition) is 5. The van der Waals surface area contributed by atoms with E-state index in [-0.39, 0.29) is 6.54 Å². The molecule has 110 valence electrons. The summed E-state index contributed by atoms with van der Waals surface area (Å²) in [5.74, 6) is 0.0260. The fourth-order valence-electron chi connectivity index (χ4n) is 1.37. The van der Waals surface area contributed by atoms with Gasteiger partial charge in [0.25, 0.3) is 0 Å². The molecular weight excluding hydrogens is 268 g/mol. The van der Waals surface area contributed by atoms with Crippen molar-refractivity contribution in [3.8, 4) is 11.5 Å². The van der Waals surface area contributed by atoms with Crippen LogP contribution >= 0.6 is 0 Å². The summed E-state index contributed by atoms with van der Waals surface area (Å²) >= 11 is 0. The Kier molecular flexibility index (Phi) is 6.11. The van der Waals surface area contributed by atoms with Crippen LogP contribution < -0.4 is 20.3 Å². The zero-order valence-corrected chi connectivity index (χ0v) is 11.1. The highest BCUT2D eigenvalue weighted by molar-refractivity contribution is 5.73. The maximum atomic E-state index is 11.3. The maximum Gasteiger partial charge on any atom is 0.338 e. The first-order valence-corrected chi connectivity index (χ1v) is 5.65. The van der Waals surface area contributed by atoms with Gasteiger partial charge in [0, 0.05) is 18.2 Å². The maximum absolute atomic E-state index is 11.3. The summed E-state index contributed by atoms with van der Waals surface area (Å²) < 4.78 is 10.2. The molecule has 20 heavy (non-hydrogen) atoms. The van der Waals surface area contributed by atoms with Gasteiger partial charge in [0.05, 0.1) is 14.2 Å². The lowest BCUT2D eigenvalue weighted by Crippen LogP contribution is -2.36. The minimum absolute atomic E-state index is 0.190. The number of nitrogens with one attached hydrogen (secondary N) is 2. The number of rotatable bonds is 7. The van der Waals surface area contributed by atoms with Crippen molar-refractivity contribution in [2.24, 2.45) is 0 Å². The number of carboxylic acid groups (broad SMARTS) is 1. The first kappa shape index (κ1) is 15.6. The third-order valence-electron chi connectivity index (χ3n) is 2.29. The van der Waals surface area contributed by atoms with Crippen LogP contribution in [0.4, 0.5) is 4.79 Å². The molecule has 1 rings (SSSR count). The Labute approximate surface area is 115 Å². The average molecular weight is 284 g/mol. The highest BCUT2D eigenvalue weighted by atomic mass is 16.7. The Hall–Kier alpha value is -2.48. The van der Waals surface area contributed by atoms with Gasteiger partial charge >= 0.3 is 12.0 Å². The summed E-state index contributed by atoms with van der Waals surface area (Å²) in [6.45, 7) is -0.422. The number of methoxy groups -OCH3 is 2. The van der Waals surface area contributed by atoms with Crippen LogP contribution in [0.5, 0.6) is 11.5 Å². The first-order chi connectivity index (χ1) is 9.56. The minimum Gasteiger partial charge on any atom is -0.497 e. The number of hydroxylamine groups is 1. The van der Waals surface area contributed by atoms with Crippen LogP contribution in [0.2, 0.25) is 0 Å². The Morgan fingerprint density at radius 2 is 2.00 bits per heavy atom. The van der Waals surface area contributed by atoms with Gasteiger partial charge in [-0.3, -0.25) is 4.84 Å². The number of carboxylic acids is 1. The van der Waals surface area contributed by atoms with Crippen molar-refractivity contribution in [2.45, 2.75) is 6.54 Å². The molecule has 1 aromatic rings. The molecule has 0 aliphatic heterocycles. The van der Waals surface area contributed by atoms with E-state index in [4.69, 9.17) is 14.6 Å². The first-order valence-electron chi connectivity index (χ1n) is 5.65. The second-order valence-corrected chi connectivity index (χ2v) is 3.64. The van der Waals surface area contributed by atoms with E-state index in [1.807, 2.05) is 5.48 Å². The van der Waals surface area contributed by atoms with Gasteiger partial charge in [-0.2, -0.15) is 0 Å². The summed E-state index contributed by atoms with van der Waals surface area (Å²) in [6, 6.07) is 4.52. The molecule has 8 nitrogen and oxygen atoms in total. The topological polar surface area (TPSA) is 106 Å². The van der Waals surface area contributed by atoms with Gasteiger partial charge in [0.15, 0.2) is 6.61 Å². The van der Waals surface area contributed by atoms with Gasteiger partial charge in [0.1, 0.15) is 11.5 Å². The van der Waals surface area contributed by atoms with Crippen LogP contribution in [0.1, 0.15) is 5.56 Å². The number of aliphatic carboxylic acids is 1. The van der Waals surface area contributed by atoms with Crippen LogP contribution in [0.3, 0.4) is 0 Å². The average Bonchev–Trinajstić information content (AvgIpc) is 2.44. The van der Waals surface area contributed by atoms with Gasteiger partial charge in [-0.05, 0) is 12.1 Å². The molecule has 1 aromatic carbocycles. The Bertz CT molecular complexity index is 477. The number of amides is 2. The molecule has 0 saturated heterocycles. The molecular formula is C12H16N2O6. The fourth-order valence-corrected chi connectivity index (χ4v) is 1.37. The van der Waals surface area contributed by atoms with Crippen LogP contribution in [-0.4, -0.2) is 37.9 Å². The van der Waals surface area contributed by atoms with Crippen LogP contribution in [0.25, 0.3) is 0 Å². The molecule has 0 spiro atoms. The highest BCUT2D eigenvalue weighted by Crippen LogP contribution is 2.24. The molecule has 0 fully saturated rings. The lowest BCUT2D eigenvalue weighted by atomic mass is 10.2. The SMILES string of the molecule is COc1ccc(CNC(=O)NOCC(=O)O)c(OC)c1. The van der Waals surface area contributed by atoms with E-state index >= 15 is 0 Å². The van der Waals surface area contributed by atoms with Gasteiger partial charge < -0.3 is 19.9 Å². The Morgan fingerprint density at radius 1 is 1.25 bits per heavy atom. The van der Waals surface area contributed by atoms with Crippen LogP contribution in [-0.2, 0) is 16.2 Å². The number of carbonyl (C=O) groups is 2. The lowest BCUT2D eigenvalue weighted by molar-refractivity contribution is -0.144. The van der Waals surface area contributed by atoms with Gasteiger partial charge in [-0.25, -0.2) is 15.1 Å². The van der Waals surface area contributed by atoms with Crippen molar-refractivity contribution < 1.29 is 29.0 Å². The van der Waals surface area contributed by atoms with E-state index < -0.39 is 18.6 Å². The Balaban J connectivity index is 2.48. The molecule has 0 unspecified atom stereocenters. The molecule has 0 radical (unpaired) electrons. The predicted octanol–water partition coefficient (Wildman–Crippen LogP) is 0.519. The normalized spacial score (nSPS) is 9.70. The van der Waals surface area contributed by atoms with E-state index in [1.54, 1.807) is 25.3 Å². The largest absolute Gasteiger partial charge is 0.497 e. The van der Waals surface area contributed by atoms with Gasteiger partial charge in [-0.1, -0.05) is 0 Å². The third-order valence-corrected chi connectivity index (χ3v) is 2.29. The molecule has 8 heteroatoms. The molecule has 0 bridgehead atoms. The van der Waals surface area contributed by atoms with Crippen molar-refractivity contribution in [1.82, 2.24) is 10.8 Å². The van der Waals surface area contributed by atoms with Crippen molar-refractivity contribution >= 4 is 12.0 Å². The van der Waals surface area contributed by atoms with Crippen molar-refractivity contribution in [3.05, 3.63) is 23.8 Å². The molecule has 2 amide bonds. The fraction of sp³-hybridized carbons (Fsp3) is 0.333. The summed E-state index contributed by atoms with van der Waals surface area (Å²) in [5, 5.41) is 10.8. The van der Waals surface area contributed by atoms with Crippen molar-refractivity contribution in [1.29, 1.82) is 0 Å². The molecule has 0 atom stereocenters. The van der Waals surface area contributed by atoms with Gasteiger partial charge in [-0.15, -0.1) is 0 Å². The molecule has 0 aliphatic carbocycles. The van der Waals surface area contributed by atoms with E-state index in [0.29, 0.717) is 11.5 Å². The second-order valence-electron chi connectivity index (χ2n) is 3.64. The monoisotopic (exact) mass is 284 g/mol. The van der Waals surface area contributed by atoms with E-state index in [0.717, 1.165) is 5.56 Å². The standard InChI is InChI=1S/C12H16N2O6/c1-18-9-4-3-8(10(5-9)19-2)6-13-12(17)14-20-7-11(15)16/h3-5H,6-7H2,1-2H3,(H,15,16)(H2,13,14,17). The van der Waals surface area contributed by atoms with Crippen LogP contribution in [0.15, 0.2) is 18.2 Å². The Morgan fingerprint density at radius 3 is 2.60 bits per heavy atom. The van der Waals surface area contributed by atoms with E-state index in [1.165, 1.54) is 7.11 Å². The second kappa shape index (κ2) is 7.85. The number of ether oxygens (including phenoxy) is 2. The lowest BCUT2D eigenvalue weighted by Gasteiger charge is -2.11. The number of urea groups is 1. The molecule has 0 aromatic heterocycles. The van der Waals surface area contributed by atoms with Crippen molar-refractivity contribution in [3.63, 3.8) is 0 Å². The molecule has 3 N–H and O–H groups in total. The van der Waals surface area contributed by atoms with Crippen molar-refractivity contribution in [2.75, 3.05) is 20.8 Å². The zero-order chi connectivity index (χ0) is 15.0.